The highest BCUT2D eigenvalue weighted by Crippen LogP contribution is 2.12. The van der Waals surface area contributed by atoms with Crippen molar-refractivity contribution in [1.29, 1.82) is 0 Å². The van der Waals surface area contributed by atoms with Gasteiger partial charge in [-0.25, -0.2) is 4.39 Å². The number of hydrogen-bond donors (Lipinski definition) is 2. The third kappa shape index (κ3) is 6.34. The lowest BCUT2D eigenvalue weighted by Gasteiger charge is -2.14. The van der Waals surface area contributed by atoms with Crippen molar-refractivity contribution in [2.75, 3.05) is 6.54 Å². The number of carbonyl (C=O) groups excluding carboxylic acids is 1. The monoisotopic (exact) mass is 266 g/mol. The van der Waals surface area contributed by atoms with Gasteiger partial charge in [0, 0.05) is 12.5 Å². The second-order valence-corrected chi connectivity index (χ2v) is 5.05. The summed E-state index contributed by atoms with van der Waals surface area (Å²) in [6.45, 7) is 6.90. The lowest BCUT2D eigenvalue weighted by molar-refractivity contribution is -0.121. The zero-order chi connectivity index (χ0) is 14.3. The minimum atomic E-state index is -0.262. The van der Waals surface area contributed by atoms with Gasteiger partial charge in [-0.2, -0.15) is 0 Å². The fourth-order valence-electron chi connectivity index (χ4n) is 1.79. The first kappa shape index (κ1) is 15.6. The molecule has 0 saturated carbocycles. The fourth-order valence-corrected chi connectivity index (χ4v) is 1.79. The van der Waals surface area contributed by atoms with Crippen LogP contribution in [0.25, 0.3) is 0 Å². The Labute approximate surface area is 114 Å². The summed E-state index contributed by atoms with van der Waals surface area (Å²) in [5.74, 6) is -0.232. The van der Waals surface area contributed by atoms with Gasteiger partial charge in [0.05, 0.1) is 6.04 Å². The number of nitrogens with one attached hydrogen (secondary N) is 2. The number of amides is 1. The Morgan fingerprint density at radius 1 is 1.21 bits per heavy atom. The summed E-state index contributed by atoms with van der Waals surface area (Å²) >= 11 is 0. The molecule has 19 heavy (non-hydrogen) atoms. The van der Waals surface area contributed by atoms with Gasteiger partial charge in [-0.15, -0.1) is 0 Å². The molecule has 3 nitrogen and oxygen atoms in total. The number of halogens is 1. The first-order valence-corrected chi connectivity index (χ1v) is 6.77. The van der Waals surface area contributed by atoms with Crippen molar-refractivity contribution in [2.45, 2.75) is 45.7 Å². The van der Waals surface area contributed by atoms with Crippen molar-refractivity contribution in [3.05, 3.63) is 35.6 Å². The lowest BCUT2D eigenvalue weighted by Crippen LogP contribution is -2.28. The van der Waals surface area contributed by atoms with Crippen LogP contribution in [-0.4, -0.2) is 18.5 Å². The molecule has 0 fully saturated rings. The van der Waals surface area contributed by atoms with Crippen LogP contribution in [0.4, 0.5) is 4.39 Å². The van der Waals surface area contributed by atoms with E-state index in [1.54, 1.807) is 12.1 Å². The van der Waals surface area contributed by atoms with Crippen LogP contribution in [0.5, 0.6) is 0 Å². The van der Waals surface area contributed by atoms with Gasteiger partial charge < -0.3 is 10.6 Å². The van der Waals surface area contributed by atoms with Gasteiger partial charge >= 0.3 is 0 Å². The zero-order valence-electron chi connectivity index (χ0n) is 11.9. The van der Waals surface area contributed by atoms with Crippen molar-refractivity contribution in [1.82, 2.24) is 10.6 Å². The number of hydrogen-bond acceptors (Lipinski definition) is 2. The van der Waals surface area contributed by atoms with Crippen molar-refractivity contribution in [2.24, 2.45) is 0 Å². The van der Waals surface area contributed by atoms with E-state index in [-0.39, 0.29) is 17.8 Å². The largest absolute Gasteiger partial charge is 0.350 e. The van der Waals surface area contributed by atoms with Gasteiger partial charge in [0.25, 0.3) is 0 Å². The average Bonchev–Trinajstić information content (AvgIpc) is 2.35. The van der Waals surface area contributed by atoms with Gasteiger partial charge in [-0.05, 0) is 37.6 Å². The van der Waals surface area contributed by atoms with Gasteiger partial charge in [0.15, 0.2) is 0 Å². The average molecular weight is 266 g/mol. The van der Waals surface area contributed by atoms with Crippen LogP contribution in [0.1, 0.15) is 45.2 Å². The molecular weight excluding hydrogens is 243 g/mol. The van der Waals surface area contributed by atoms with Crippen LogP contribution in [0.2, 0.25) is 0 Å². The van der Waals surface area contributed by atoms with Crippen LogP contribution in [-0.2, 0) is 4.79 Å². The Bertz CT molecular complexity index is 390. The van der Waals surface area contributed by atoms with Crippen molar-refractivity contribution >= 4 is 5.91 Å². The van der Waals surface area contributed by atoms with E-state index < -0.39 is 0 Å². The van der Waals surface area contributed by atoms with Gasteiger partial charge in [0.2, 0.25) is 5.91 Å². The molecular formula is C15H23FN2O. The smallest absolute Gasteiger partial charge is 0.220 e. The third-order valence-electron chi connectivity index (χ3n) is 2.88. The predicted octanol–water partition coefficient (Wildman–Crippen LogP) is 2.78. The SMILES string of the molecule is CC(C)NCCCC(=O)N[C@H](C)c1ccc(F)cc1. The molecule has 0 aliphatic carbocycles. The molecule has 0 heterocycles. The molecule has 0 spiro atoms. The van der Waals surface area contributed by atoms with Crippen LogP contribution >= 0.6 is 0 Å². The number of rotatable bonds is 7. The molecule has 0 aliphatic heterocycles. The quantitative estimate of drug-likeness (QED) is 0.745. The van der Waals surface area contributed by atoms with Gasteiger partial charge in [0.1, 0.15) is 5.82 Å². The second-order valence-electron chi connectivity index (χ2n) is 5.05. The molecule has 0 aromatic heterocycles. The Morgan fingerprint density at radius 2 is 1.84 bits per heavy atom. The molecule has 0 radical (unpaired) electrons. The Morgan fingerprint density at radius 3 is 2.42 bits per heavy atom. The Kier molecular flexibility index (Phi) is 6.50. The topological polar surface area (TPSA) is 41.1 Å². The maximum atomic E-state index is 12.8. The van der Waals surface area contributed by atoms with E-state index in [9.17, 15) is 9.18 Å². The highest BCUT2D eigenvalue weighted by atomic mass is 19.1. The lowest BCUT2D eigenvalue weighted by atomic mass is 10.1. The highest BCUT2D eigenvalue weighted by Gasteiger charge is 2.09. The van der Waals surface area contributed by atoms with Gasteiger partial charge in [-0.1, -0.05) is 26.0 Å². The highest BCUT2D eigenvalue weighted by molar-refractivity contribution is 5.76. The zero-order valence-corrected chi connectivity index (χ0v) is 11.9. The summed E-state index contributed by atoms with van der Waals surface area (Å²) in [5, 5.41) is 6.19. The third-order valence-corrected chi connectivity index (χ3v) is 2.88. The van der Waals surface area contributed by atoms with Crippen molar-refractivity contribution in [3.63, 3.8) is 0 Å². The molecule has 0 saturated heterocycles. The van der Waals surface area contributed by atoms with Crippen LogP contribution in [0.15, 0.2) is 24.3 Å². The maximum absolute atomic E-state index is 12.8. The van der Waals surface area contributed by atoms with E-state index in [1.165, 1.54) is 12.1 Å². The van der Waals surface area contributed by atoms with E-state index in [1.807, 2.05) is 6.92 Å². The predicted molar refractivity (Wildman–Crippen MR) is 75.3 cm³/mol. The minimum absolute atomic E-state index is 0.0300. The first-order valence-electron chi connectivity index (χ1n) is 6.77. The molecule has 1 aromatic carbocycles. The molecule has 0 bridgehead atoms. The van der Waals surface area contributed by atoms with Crippen LogP contribution < -0.4 is 10.6 Å². The molecule has 1 rings (SSSR count). The fraction of sp³-hybridized carbons (Fsp3) is 0.533. The minimum Gasteiger partial charge on any atom is -0.350 e. The molecule has 1 aromatic rings. The molecule has 0 aliphatic rings. The van der Waals surface area contributed by atoms with Crippen molar-refractivity contribution < 1.29 is 9.18 Å². The summed E-state index contributed by atoms with van der Waals surface area (Å²) in [6.07, 6.45) is 1.32. The van der Waals surface area contributed by atoms with E-state index in [4.69, 9.17) is 0 Å². The Hall–Kier alpha value is -1.42. The number of carbonyl (C=O) groups is 1. The standard InChI is InChI=1S/C15H23FN2O/c1-11(2)17-10-4-5-15(19)18-12(3)13-6-8-14(16)9-7-13/h6-9,11-12,17H,4-5,10H2,1-3H3,(H,18,19)/t12-/m1/s1. The Balaban J connectivity index is 2.29. The van der Waals surface area contributed by atoms with Gasteiger partial charge in [-0.3, -0.25) is 4.79 Å². The maximum Gasteiger partial charge on any atom is 0.220 e. The van der Waals surface area contributed by atoms with Crippen LogP contribution in [0, 0.1) is 5.82 Å². The molecule has 0 unspecified atom stereocenters. The van der Waals surface area contributed by atoms with E-state index in [0.29, 0.717) is 12.5 Å². The molecule has 106 valence electrons. The number of benzene rings is 1. The molecule has 4 heteroatoms. The molecule has 1 atom stereocenters. The summed E-state index contributed by atoms with van der Waals surface area (Å²) in [5.41, 5.74) is 0.912. The summed E-state index contributed by atoms with van der Waals surface area (Å²) in [4.78, 5) is 11.7. The van der Waals surface area contributed by atoms with Crippen LogP contribution in [0.3, 0.4) is 0 Å². The summed E-state index contributed by atoms with van der Waals surface area (Å²) in [6, 6.07) is 6.56. The van der Waals surface area contributed by atoms with E-state index in [0.717, 1.165) is 18.5 Å². The molecule has 1 amide bonds. The second kappa shape index (κ2) is 7.89. The summed E-state index contributed by atoms with van der Waals surface area (Å²) < 4.78 is 12.8. The normalized spacial score (nSPS) is 12.5. The molecule has 2 N–H and O–H groups in total. The summed E-state index contributed by atoms with van der Waals surface area (Å²) in [7, 11) is 0. The van der Waals surface area contributed by atoms with E-state index in [2.05, 4.69) is 24.5 Å². The van der Waals surface area contributed by atoms with E-state index >= 15 is 0 Å². The first-order chi connectivity index (χ1) is 8.99. The van der Waals surface area contributed by atoms with Crippen molar-refractivity contribution in [3.8, 4) is 0 Å².